The predicted molar refractivity (Wildman–Crippen MR) is 132 cm³/mol. The summed E-state index contributed by atoms with van der Waals surface area (Å²) < 4.78 is 1.68. The SMILES string of the molecule is CC(=O)N1CC[C@H](n2ncc(Cl)c2C(=O)Nc2ncc(C#Cc3ccccc3)cc2C)C[C@H]1C. The minimum atomic E-state index is -0.372. The average molecular weight is 476 g/mol. The zero-order chi connectivity index (χ0) is 24.2. The first-order valence-electron chi connectivity index (χ1n) is 11.2. The maximum absolute atomic E-state index is 13.2. The first kappa shape index (κ1) is 23.5. The van der Waals surface area contributed by atoms with Gasteiger partial charge in [0.05, 0.1) is 17.3 Å². The number of amides is 2. The van der Waals surface area contributed by atoms with Crippen molar-refractivity contribution in [3.8, 4) is 11.8 Å². The highest BCUT2D eigenvalue weighted by atomic mass is 35.5. The van der Waals surface area contributed by atoms with Crippen LogP contribution >= 0.6 is 11.6 Å². The molecular weight excluding hydrogens is 450 g/mol. The summed E-state index contributed by atoms with van der Waals surface area (Å²) >= 11 is 6.36. The van der Waals surface area contributed by atoms with Crippen LogP contribution in [-0.2, 0) is 4.79 Å². The summed E-state index contributed by atoms with van der Waals surface area (Å²) in [4.78, 5) is 31.2. The highest BCUT2D eigenvalue weighted by Crippen LogP contribution is 2.30. The Labute approximate surface area is 204 Å². The molecule has 1 aliphatic heterocycles. The Bertz CT molecular complexity index is 1280. The third-order valence-corrected chi connectivity index (χ3v) is 6.28. The molecule has 0 aliphatic carbocycles. The molecule has 0 unspecified atom stereocenters. The van der Waals surface area contributed by atoms with Crippen LogP contribution in [0.3, 0.4) is 0 Å². The van der Waals surface area contributed by atoms with E-state index in [1.807, 2.05) is 55.1 Å². The average Bonchev–Trinajstić information content (AvgIpc) is 3.21. The Hall–Kier alpha value is -3.63. The van der Waals surface area contributed by atoms with Crippen molar-refractivity contribution in [1.29, 1.82) is 0 Å². The minimum Gasteiger partial charge on any atom is -0.340 e. The molecule has 3 aromatic rings. The fourth-order valence-electron chi connectivity index (χ4n) is 4.27. The van der Waals surface area contributed by atoms with Crippen molar-refractivity contribution in [3.05, 3.63) is 76.2 Å². The van der Waals surface area contributed by atoms with Gasteiger partial charge >= 0.3 is 0 Å². The van der Waals surface area contributed by atoms with E-state index in [0.717, 1.165) is 16.7 Å². The molecule has 0 saturated carbocycles. The Morgan fingerprint density at radius 2 is 1.88 bits per heavy atom. The summed E-state index contributed by atoms with van der Waals surface area (Å²) in [5.74, 6) is 6.33. The predicted octanol–water partition coefficient (Wildman–Crippen LogP) is 4.46. The normalized spacial score (nSPS) is 17.6. The van der Waals surface area contributed by atoms with Crippen LogP contribution in [0.25, 0.3) is 0 Å². The molecule has 1 fully saturated rings. The maximum Gasteiger partial charge on any atom is 0.276 e. The summed E-state index contributed by atoms with van der Waals surface area (Å²) in [7, 11) is 0. The third kappa shape index (κ3) is 5.13. The molecule has 8 heteroatoms. The van der Waals surface area contributed by atoms with Crippen LogP contribution in [0.5, 0.6) is 0 Å². The molecule has 4 rings (SSSR count). The number of likely N-dealkylation sites (tertiary alicyclic amines) is 1. The molecule has 2 aromatic heterocycles. The van der Waals surface area contributed by atoms with Gasteiger partial charge in [-0.15, -0.1) is 0 Å². The summed E-state index contributed by atoms with van der Waals surface area (Å²) in [6, 6.07) is 11.6. The highest BCUT2D eigenvalue weighted by Gasteiger charge is 2.31. The van der Waals surface area contributed by atoms with Gasteiger partial charge in [-0.05, 0) is 50.5 Å². The first-order valence-corrected chi connectivity index (χ1v) is 11.6. The van der Waals surface area contributed by atoms with Gasteiger partial charge in [0.1, 0.15) is 11.5 Å². The summed E-state index contributed by atoms with van der Waals surface area (Å²) in [5.41, 5.74) is 2.76. The number of piperidine rings is 1. The molecular formula is C26H26ClN5O2. The van der Waals surface area contributed by atoms with Crippen molar-refractivity contribution in [2.45, 2.75) is 45.7 Å². The number of carbonyl (C=O) groups excluding carboxylic acids is 2. The van der Waals surface area contributed by atoms with Crippen molar-refractivity contribution >= 4 is 29.2 Å². The molecule has 1 saturated heterocycles. The van der Waals surface area contributed by atoms with Crippen molar-refractivity contribution in [2.24, 2.45) is 0 Å². The van der Waals surface area contributed by atoms with Crippen LogP contribution in [-0.4, -0.2) is 44.1 Å². The topological polar surface area (TPSA) is 80.1 Å². The van der Waals surface area contributed by atoms with E-state index in [4.69, 9.17) is 11.6 Å². The van der Waals surface area contributed by atoms with Crippen molar-refractivity contribution < 1.29 is 9.59 Å². The highest BCUT2D eigenvalue weighted by molar-refractivity contribution is 6.34. The zero-order valence-electron chi connectivity index (χ0n) is 19.4. The third-order valence-electron chi connectivity index (χ3n) is 6.00. The van der Waals surface area contributed by atoms with Crippen LogP contribution in [0, 0.1) is 18.8 Å². The second-order valence-electron chi connectivity index (χ2n) is 8.48. The molecule has 2 amide bonds. The first-order chi connectivity index (χ1) is 16.3. The fourth-order valence-corrected chi connectivity index (χ4v) is 4.49. The molecule has 1 N–H and O–H groups in total. The van der Waals surface area contributed by atoms with Gasteiger partial charge in [-0.25, -0.2) is 4.98 Å². The van der Waals surface area contributed by atoms with Crippen molar-refractivity contribution in [2.75, 3.05) is 11.9 Å². The number of hydrogen-bond donors (Lipinski definition) is 1. The molecule has 0 bridgehead atoms. The lowest BCUT2D eigenvalue weighted by Gasteiger charge is -2.37. The second kappa shape index (κ2) is 10.1. The van der Waals surface area contributed by atoms with Gasteiger partial charge in [-0.2, -0.15) is 5.10 Å². The standard InChI is InChI=1S/C26H26ClN5O2/c1-17-13-21(10-9-20-7-5-4-6-8-20)15-28-25(17)30-26(34)24-23(27)16-29-32(24)22-11-12-31(19(3)33)18(2)14-22/h4-8,13,15-16,18,22H,11-12,14H2,1-3H3,(H,28,30,34)/t18-,22+/m1/s1. The number of aromatic nitrogens is 3. The van der Waals surface area contributed by atoms with Crippen LogP contribution < -0.4 is 5.32 Å². The zero-order valence-corrected chi connectivity index (χ0v) is 20.1. The van der Waals surface area contributed by atoms with E-state index < -0.39 is 0 Å². The molecule has 1 aliphatic rings. The van der Waals surface area contributed by atoms with Crippen LogP contribution in [0.4, 0.5) is 5.82 Å². The van der Waals surface area contributed by atoms with Crippen molar-refractivity contribution in [1.82, 2.24) is 19.7 Å². The molecule has 7 nitrogen and oxygen atoms in total. The number of anilines is 1. The lowest BCUT2D eigenvalue weighted by Crippen LogP contribution is -2.44. The minimum absolute atomic E-state index is 0.0245. The number of halogens is 1. The molecule has 2 atom stereocenters. The van der Waals surface area contributed by atoms with Gasteiger partial charge in [0, 0.05) is 36.8 Å². The number of carbonyl (C=O) groups is 2. The van der Waals surface area contributed by atoms with E-state index in [1.54, 1.807) is 17.8 Å². The Morgan fingerprint density at radius 1 is 1.15 bits per heavy atom. The van der Waals surface area contributed by atoms with E-state index >= 15 is 0 Å². The van der Waals surface area contributed by atoms with E-state index in [9.17, 15) is 9.59 Å². The van der Waals surface area contributed by atoms with Gasteiger partial charge < -0.3 is 10.2 Å². The number of hydrogen-bond acceptors (Lipinski definition) is 4. The monoisotopic (exact) mass is 475 g/mol. The van der Waals surface area contributed by atoms with Gasteiger partial charge in [-0.3, -0.25) is 14.3 Å². The van der Waals surface area contributed by atoms with E-state index in [-0.39, 0.29) is 28.9 Å². The van der Waals surface area contributed by atoms with Crippen LogP contribution in [0.1, 0.15) is 59.9 Å². The Kier molecular flexibility index (Phi) is 6.99. The molecule has 3 heterocycles. The number of pyridine rings is 1. The van der Waals surface area contributed by atoms with E-state index in [2.05, 4.69) is 27.2 Å². The van der Waals surface area contributed by atoms with Gasteiger partial charge in [0.25, 0.3) is 5.91 Å². The van der Waals surface area contributed by atoms with Crippen LogP contribution in [0.15, 0.2) is 48.8 Å². The molecule has 1 aromatic carbocycles. The largest absolute Gasteiger partial charge is 0.340 e. The fraction of sp³-hybridized carbons (Fsp3) is 0.308. The number of benzene rings is 1. The number of nitrogens with one attached hydrogen (secondary N) is 1. The maximum atomic E-state index is 13.2. The smallest absolute Gasteiger partial charge is 0.276 e. The Morgan fingerprint density at radius 3 is 2.56 bits per heavy atom. The molecule has 174 valence electrons. The molecule has 34 heavy (non-hydrogen) atoms. The summed E-state index contributed by atoms with van der Waals surface area (Å²) in [5, 5.41) is 7.52. The van der Waals surface area contributed by atoms with Crippen molar-refractivity contribution in [3.63, 3.8) is 0 Å². The summed E-state index contributed by atoms with van der Waals surface area (Å²) in [6.07, 6.45) is 4.52. The van der Waals surface area contributed by atoms with Gasteiger partial charge in [0.15, 0.2) is 0 Å². The second-order valence-corrected chi connectivity index (χ2v) is 8.89. The van der Waals surface area contributed by atoms with Gasteiger partial charge in [-0.1, -0.05) is 41.6 Å². The number of aryl methyl sites for hydroxylation is 1. The molecule has 0 spiro atoms. The van der Waals surface area contributed by atoms with Crippen LogP contribution in [0.2, 0.25) is 5.02 Å². The quantitative estimate of drug-likeness (QED) is 0.567. The number of rotatable bonds is 3. The Balaban J connectivity index is 1.50. The lowest BCUT2D eigenvalue weighted by atomic mass is 9.98. The van der Waals surface area contributed by atoms with Gasteiger partial charge in [0.2, 0.25) is 5.91 Å². The lowest BCUT2D eigenvalue weighted by molar-refractivity contribution is -0.132. The summed E-state index contributed by atoms with van der Waals surface area (Å²) in [6.45, 7) is 6.07. The number of nitrogens with zero attached hydrogens (tertiary/aromatic N) is 4. The molecule has 0 radical (unpaired) electrons. The van der Waals surface area contributed by atoms with E-state index in [0.29, 0.717) is 30.9 Å². The van der Waals surface area contributed by atoms with E-state index in [1.165, 1.54) is 6.20 Å².